The smallest absolute Gasteiger partial charge is 0.429 e. The number of hydrogen-bond donors (Lipinski definition) is 0. The van der Waals surface area contributed by atoms with Gasteiger partial charge >= 0.3 is 6.16 Å². The van der Waals surface area contributed by atoms with Gasteiger partial charge < -0.3 is 9.47 Å². The van der Waals surface area contributed by atoms with Gasteiger partial charge in [-0.1, -0.05) is 36.4 Å². The van der Waals surface area contributed by atoms with E-state index in [0.29, 0.717) is 0 Å². The average molecular weight is 248 g/mol. The lowest BCUT2D eigenvalue weighted by Gasteiger charge is -2.20. The fourth-order valence-electron chi connectivity index (χ4n) is 1.28. The van der Waals surface area contributed by atoms with E-state index in [1.807, 2.05) is 42.5 Å². The average Bonchev–Trinajstić information content (AvgIpc) is 2.25. The second-order valence-electron chi connectivity index (χ2n) is 5.06. The van der Waals surface area contributed by atoms with Crippen molar-refractivity contribution in [1.82, 2.24) is 0 Å². The minimum absolute atomic E-state index is 0.319. The van der Waals surface area contributed by atoms with E-state index in [9.17, 15) is 4.79 Å². The summed E-state index contributed by atoms with van der Waals surface area (Å²) in [5.41, 5.74) is 0.539. The molecular weight excluding hydrogens is 228 g/mol. The molecule has 3 heteroatoms. The van der Waals surface area contributed by atoms with Crippen LogP contribution in [0.1, 0.15) is 33.3 Å². The van der Waals surface area contributed by atoms with Crippen molar-refractivity contribution in [2.24, 2.45) is 0 Å². The highest BCUT2D eigenvalue weighted by atomic mass is 16.7. The molecule has 3 nitrogen and oxygen atoms in total. The Kier molecular flexibility index (Phi) is 4.95. The number of benzene rings is 1. The Balaban J connectivity index is 2.45. The van der Waals surface area contributed by atoms with Gasteiger partial charge in [-0.15, -0.1) is 0 Å². The molecule has 1 atom stereocenters. The maximum absolute atomic E-state index is 11.4. The Bertz CT molecular complexity index is 401. The molecule has 0 aliphatic carbocycles. The third-order valence-corrected chi connectivity index (χ3v) is 2.03. The first kappa shape index (κ1) is 14.3. The molecule has 0 saturated heterocycles. The van der Waals surface area contributed by atoms with Gasteiger partial charge in [0.25, 0.3) is 0 Å². The molecule has 0 aliphatic heterocycles. The number of rotatable bonds is 3. The Labute approximate surface area is 108 Å². The van der Waals surface area contributed by atoms with Crippen molar-refractivity contribution >= 4 is 12.2 Å². The summed E-state index contributed by atoms with van der Waals surface area (Å²) in [6.07, 6.45) is 2.77. The predicted molar refractivity (Wildman–Crippen MR) is 72.3 cm³/mol. The molecule has 1 aromatic rings. The zero-order valence-electron chi connectivity index (χ0n) is 11.3. The number of carbonyl (C=O) groups is 1. The predicted octanol–water partition coefficient (Wildman–Crippen LogP) is 4.04. The summed E-state index contributed by atoms with van der Waals surface area (Å²) in [6.45, 7) is 7.21. The fraction of sp³-hybridized carbons (Fsp3) is 0.400. The van der Waals surface area contributed by atoms with Crippen LogP contribution in [-0.4, -0.2) is 17.9 Å². The molecule has 1 rings (SSSR count). The molecular formula is C15H20O3. The highest BCUT2D eigenvalue weighted by molar-refractivity contribution is 5.61. The minimum atomic E-state index is -0.646. The second kappa shape index (κ2) is 6.24. The molecule has 0 heterocycles. The number of carbonyl (C=O) groups excluding carboxylic acids is 1. The molecule has 0 unspecified atom stereocenters. The Morgan fingerprint density at radius 2 is 1.83 bits per heavy atom. The summed E-state index contributed by atoms with van der Waals surface area (Å²) >= 11 is 0. The van der Waals surface area contributed by atoms with Gasteiger partial charge in [0, 0.05) is 0 Å². The van der Waals surface area contributed by atoms with E-state index in [0.717, 1.165) is 5.56 Å². The first-order chi connectivity index (χ1) is 8.37. The normalized spacial score (nSPS) is 13.3. The third-order valence-electron chi connectivity index (χ3n) is 2.03. The van der Waals surface area contributed by atoms with Crippen molar-refractivity contribution in [2.45, 2.75) is 39.4 Å². The highest BCUT2D eigenvalue weighted by Crippen LogP contribution is 2.10. The molecule has 0 N–H and O–H groups in total. The minimum Gasteiger partial charge on any atom is -0.429 e. The molecule has 0 amide bonds. The molecule has 0 radical (unpaired) electrons. The zero-order valence-corrected chi connectivity index (χ0v) is 11.3. The van der Waals surface area contributed by atoms with Gasteiger partial charge in [-0.2, -0.15) is 0 Å². The topological polar surface area (TPSA) is 35.5 Å². The lowest BCUT2D eigenvalue weighted by Crippen LogP contribution is -2.26. The standard InChI is InChI=1S/C15H20O3/c1-12(17-14(16)18-15(2,3)4)10-11-13-8-6-5-7-9-13/h5-12H,1-4H3/b11-10+/t12-/m1/s1. The van der Waals surface area contributed by atoms with Crippen molar-refractivity contribution in [3.05, 3.63) is 42.0 Å². The van der Waals surface area contributed by atoms with Crippen LogP contribution in [0.4, 0.5) is 4.79 Å². The SMILES string of the molecule is C[C@H](/C=C/c1ccccc1)OC(=O)OC(C)(C)C. The Morgan fingerprint density at radius 3 is 2.39 bits per heavy atom. The van der Waals surface area contributed by atoms with E-state index in [2.05, 4.69) is 0 Å². The number of ether oxygens (including phenoxy) is 2. The summed E-state index contributed by atoms with van der Waals surface area (Å²) in [4.78, 5) is 11.4. The fourth-order valence-corrected chi connectivity index (χ4v) is 1.28. The molecule has 18 heavy (non-hydrogen) atoms. The zero-order chi connectivity index (χ0) is 13.6. The van der Waals surface area contributed by atoms with Gasteiger partial charge in [-0.3, -0.25) is 0 Å². The van der Waals surface area contributed by atoms with E-state index in [1.54, 1.807) is 27.7 Å². The summed E-state index contributed by atoms with van der Waals surface area (Å²) in [6, 6.07) is 9.84. The van der Waals surface area contributed by atoms with Crippen LogP contribution in [0.3, 0.4) is 0 Å². The molecule has 98 valence electrons. The maximum atomic E-state index is 11.4. The maximum Gasteiger partial charge on any atom is 0.509 e. The van der Waals surface area contributed by atoms with Crippen LogP contribution in [0.25, 0.3) is 6.08 Å². The van der Waals surface area contributed by atoms with Gasteiger partial charge in [0.1, 0.15) is 11.7 Å². The molecule has 0 fully saturated rings. The summed E-state index contributed by atoms with van der Waals surface area (Å²) < 4.78 is 10.2. The van der Waals surface area contributed by atoms with E-state index in [4.69, 9.17) is 9.47 Å². The largest absolute Gasteiger partial charge is 0.509 e. The molecule has 0 aromatic heterocycles. The van der Waals surface area contributed by atoms with Crippen molar-refractivity contribution in [2.75, 3.05) is 0 Å². The molecule has 1 aromatic carbocycles. The van der Waals surface area contributed by atoms with Gasteiger partial charge in [-0.05, 0) is 39.3 Å². The van der Waals surface area contributed by atoms with E-state index in [1.165, 1.54) is 0 Å². The Morgan fingerprint density at radius 1 is 1.22 bits per heavy atom. The van der Waals surface area contributed by atoms with Crippen molar-refractivity contribution in [1.29, 1.82) is 0 Å². The quantitative estimate of drug-likeness (QED) is 0.757. The molecule has 0 aliphatic rings. The van der Waals surface area contributed by atoms with Gasteiger partial charge in [0.05, 0.1) is 0 Å². The van der Waals surface area contributed by atoms with E-state index in [-0.39, 0.29) is 6.10 Å². The number of hydrogen-bond acceptors (Lipinski definition) is 3. The van der Waals surface area contributed by atoms with Crippen LogP contribution in [0, 0.1) is 0 Å². The lowest BCUT2D eigenvalue weighted by atomic mass is 10.2. The second-order valence-corrected chi connectivity index (χ2v) is 5.06. The van der Waals surface area contributed by atoms with Crippen molar-refractivity contribution in [3.8, 4) is 0 Å². The van der Waals surface area contributed by atoms with Crippen molar-refractivity contribution < 1.29 is 14.3 Å². The molecule has 0 spiro atoms. The summed E-state index contributed by atoms with van der Waals surface area (Å²) in [5, 5.41) is 0. The highest BCUT2D eigenvalue weighted by Gasteiger charge is 2.18. The van der Waals surface area contributed by atoms with Gasteiger partial charge in [0.15, 0.2) is 0 Å². The molecule has 0 saturated carbocycles. The monoisotopic (exact) mass is 248 g/mol. The summed E-state index contributed by atoms with van der Waals surface area (Å²) in [7, 11) is 0. The van der Waals surface area contributed by atoms with Crippen LogP contribution in [-0.2, 0) is 9.47 Å². The van der Waals surface area contributed by atoms with E-state index >= 15 is 0 Å². The first-order valence-electron chi connectivity index (χ1n) is 6.00. The van der Waals surface area contributed by atoms with Crippen LogP contribution >= 0.6 is 0 Å². The first-order valence-corrected chi connectivity index (χ1v) is 6.00. The van der Waals surface area contributed by atoms with Crippen molar-refractivity contribution in [3.63, 3.8) is 0 Å². The van der Waals surface area contributed by atoms with Crippen LogP contribution < -0.4 is 0 Å². The van der Waals surface area contributed by atoms with Crippen LogP contribution in [0.5, 0.6) is 0 Å². The van der Waals surface area contributed by atoms with Crippen LogP contribution in [0.15, 0.2) is 36.4 Å². The molecule has 0 bridgehead atoms. The van der Waals surface area contributed by atoms with Crippen LogP contribution in [0.2, 0.25) is 0 Å². The Hall–Kier alpha value is -1.77. The van der Waals surface area contributed by atoms with E-state index < -0.39 is 11.8 Å². The van der Waals surface area contributed by atoms with Gasteiger partial charge in [0.2, 0.25) is 0 Å². The summed E-state index contributed by atoms with van der Waals surface area (Å²) in [5.74, 6) is 0. The third kappa shape index (κ3) is 6.09. The van der Waals surface area contributed by atoms with Gasteiger partial charge in [-0.25, -0.2) is 4.79 Å². The lowest BCUT2D eigenvalue weighted by molar-refractivity contribution is -0.0153.